The van der Waals surface area contributed by atoms with Crippen LogP contribution in [0.15, 0.2) is 22.7 Å². The van der Waals surface area contributed by atoms with Crippen molar-refractivity contribution in [2.24, 2.45) is 0 Å². The Morgan fingerprint density at radius 3 is 2.58 bits per heavy atom. The van der Waals surface area contributed by atoms with E-state index in [1.165, 1.54) is 0 Å². The first kappa shape index (κ1) is 18.2. The van der Waals surface area contributed by atoms with Crippen molar-refractivity contribution >= 4 is 23.2 Å². The van der Waals surface area contributed by atoms with E-state index in [0.717, 1.165) is 24.2 Å². The van der Waals surface area contributed by atoms with Gasteiger partial charge in [-0.05, 0) is 50.9 Å². The average Bonchev–Trinajstić information content (AvgIpc) is 3.38. The minimum atomic E-state index is -1.27. The fourth-order valence-corrected chi connectivity index (χ4v) is 3.98. The predicted octanol–water partition coefficient (Wildman–Crippen LogP) is 5.13. The number of ether oxygens (including phenoxy) is 1. The lowest BCUT2D eigenvalue weighted by molar-refractivity contribution is -0.0110. The summed E-state index contributed by atoms with van der Waals surface area (Å²) in [4.78, 5) is 0. The lowest BCUT2D eigenvalue weighted by atomic mass is 9.95. The standard InChI is InChI=1S/C19H21Cl2FN2O2/c20-14-2-1-3-15(21)16(14)17-13(18(26-24-17)12-4-5-12)10-25-11-19(22)6-8-23-9-7-19/h1-3,12,23H,4-11H2. The number of nitrogens with one attached hydrogen (secondary N) is 1. The molecule has 0 spiro atoms. The van der Waals surface area contributed by atoms with Crippen molar-refractivity contribution in [3.05, 3.63) is 39.6 Å². The van der Waals surface area contributed by atoms with Gasteiger partial charge in [0.2, 0.25) is 0 Å². The molecule has 2 aromatic rings. The average molecular weight is 399 g/mol. The first-order chi connectivity index (χ1) is 12.6. The summed E-state index contributed by atoms with van der Waals surface area (Å²) in [6, 6.07) is 5.32. The smallest absolute Gasteiger partial charge is 0.145 e. The van der Waals surface area contributed by atoms with E-state index >= 15 is 0 Å². The number of rotatable bonds is 6. The Balaban J connectivity index is 1.57. The molecule has 4 rings (SSSR count). The molecule has 1 aromatic carbocycles. The molecule has 0 radical (unpaired) electrons. The molecule has 140 valence electrons. The Morgan fingerprint density at radius 2 is 1.92 bits per heavy atom. The molecule has 0 amide bonds. The fraction of sp³-hybridized carbons (Fsp3) is 0.526. The molecule has 2 aliphatic rings. The number of aromatic nitrogens is 1. The van der Waals surface area contributed by atoms with Crippen LogP contribution in [0.3, 0.4) is 0 Å². The van der Waals surface area contributed by atoms with Gasteiger partial charge in [0.25, 0.3) is 0 Å². The minimum Gasteiger partial charge on any atom is -0.373 e. The summed E-state index contributed by atoms with van der Waals surface area (Å²) in [5.74, 6) is 1.17. The number of hydrogen-bond acceptors (Lipinski definition) is 4. The highest BCUT2D eigenvalue weighted by Gasteiger charge is 2.35. The molecule has 1 aliphatic carbocycles. The molecular weight excluding hydrogens is 378 g/mol. The number of alkyl halides is 1. The first-order valence-corrected chi connectivity index (χ1v) is 9.73. The fourth-order valence-electron chi connectivity index (χ4n) is 3.40. The molecule has 1 aliphatic heterocycles. The van der Waals surface area contributed by atoms with Gasteiger partial charge < -0.3 is 14.6 Å². The van der Waals surface area contributed by atoms with Gasteiger partial charge in [0.05, 0.1) is 23.3 Å². The molecule has 1 aromatic heterocycles. The molecule has 1 saturated heterocycles. The van der Waals surface area contributed by atoms with Crippen molar-refractivity contribution in [1.29, 1.82) is 0 Å². The number of piperidine rings is 1. The van der Waals surface area contributed by atoms with E-state index < -0.39 is 5.67 Å². The van der Waals surface area contributed by atoms with Gasteiger partial charge in [-0.25, -0.2) is 4.39 Å². The van der Waals surface area contributed by atoms with Crippen molar-refractivity contribution in [2.45, 2.75) is 43.9 Å². The van der Waals surface area contributed by atoms with Gasteiger partial charge in [0, 0.05) is 17.0 Å². The van der Waals surface area contributed by atoms with Crippen LogP contribution in [-0.4, -0.2) is 30.5 Å². The SMILES string of the molecule is FC1(COCc2c(-c3c(Cl)cccc3Cl)noc2C2CC2)CCNCC1. The van der Waals surface area contributed by atoms with Crippen LogP contribution in [0.5, 0.6) is 0 Å². The molecule has 1 N–H and O–H groups in total. The zero-order chi connectivity index (χ0) is 18.1. The summed E-state index contributed by atoms with van der Waals surface area (Å²) >= 11 is 12.7. The van der Waals surface area contributed by atoms with Gasteiger partial charge in [-0.2, -0.15) is 0 Å². The Labute approximate surface area is 162 Å². The van der Waals surface area contributed by atoms with Crippen LogP contribution < -0.4 is 5.32 Å². The van der Waals surface area contributed by atoms with E-state index in [1.807, 2.05) is 0 Å². The van der Waals surface area contributed by atoms with Crippen LogP contribution in [0.1, 0.15) is 42.9 Å². The third-order valence-electron chi connectivity index (χ3n) is 5.07. The van der Waals surface area contributed by atoms with Gasteiger partial charge in [-0.15, -0.1) is 0 Å². The number of hydrogen-bond donors (Lipinski definition) is 1. The highest BCUT2D eigenvalue weighted by molar-refractivity contribution is 6.39. The van der Waals surface area contributed by atoms with Crippen molar-refractivity contribution in [3.8, 4) is 11.3 Å². The monoisotopic (exact) mass is 398 g/mol. The normalized spacial score (nSPS) is 19.7. The lowest BCUT2D eigenvalue weighted by Gasteiger charge is -2.29. The molecule has 2 fully saturated rings. The van der Waals surface area contributed by atoms with Crippen LogP contribution >= 0.6 is 23.2 Å². The van der Waals surface area contributed by atoms with E-state index in [0.29, 0.717) is 53.2 Å². The van der Waals surface area contributed by atoms with Gasteiger partial charge in [-0.1, -0.05) is 34.4 Å². The zero-order valence-electron chi connectivity index (χ0n) is 14.4. The van der Waals surface area contributed by atoms with E-state index in [9.17, 15) is 4.39 Å². The maximum Gasteiger partial charge on any atom is 0.145 e. The van der Waals surface area contributed by atoms with Gasteiger partial charge >= 0.3 is 0 Å². The third kappa shape index (κ3) is 3.77. The van der Waals surface area contributed by atoms with Crippen molar-refractivity contribution in [2.75, 3.05) is 19.7 Å². The van der Waals surface area contributed by atoms with Crippen LogP contribution in [0.4, 0.5) is 4.39 Å². The van der Waals surface area contributed by atoms with Crippen LogP contribution in [0.25, 0.3) is 11.3 Å². The van der Waals surface area contributed by atoms with Crippen molar-refractivity contribution in [3.63, 3.8) is 0 Å². The maximum atomic E-state index is 14.8. The second-order valence-corrected chi connectivity index (χ2v) is 7.95. The summed E-state index contributed by atoms with van der Waals surface area (Å²) in [6.07, 6.45) is 3.07. The Hall–Kier alpha value is -1.14. The Morgan fingerprint density at radius 1 is 1.23 bits per heavy atom. The summed E-state index contributed by atoms with van der Waals surface area (Å²) in [6.45, 7) is 1.67. The summed E-state index contributed by atoms with van der Waals surface area (Å²) in [5.41, 5.74) is 0.798. The number of halogens is 3. The Bertz CT molecular complexity index is 766. The molecule has 4 nitrogen and oxygen atoms in total. The second-order valence-electron chi connectivity index (χ2n) is 7.14. The van der Waals surface area contributed by atoms with Crippen LogP contribution in [-0.2, 0) is 11.3 Å². The second kappa shape index (κ2) is 7.47. The molecular formula is C19H21Cl2FN2O2. The van der Waals surface area contributed by atoms with E-state index in [-0.39, 0.29) is 13.2 Å². The van der Waals surface area contributed by atoms with E-state index in [2.05, 4.69) is 10.5 Å². The topological polar surface area (TPSA) is 47.3 Å². The van der Waals surface area contributed by atoms with Crippen LogP contribution in [0.2, 0.25) is 10.0 Å². The Kier molecular flexibility index (Phi) is 5.24. The molecule has 26 heavy (non-hydrogen) atoms. The zero-order valence-corrected chi connectivity index (χ0v) is 15.9. The summed E-state index contributed by atoms with van der Waals surface area (Å²) in [5, 5.41) is 8.41. The molecule has 1 saturated carbocycles. The molecule has 2 heterocycles. The number of benzene rings is 1. The molecule has 0 unspecified atom stereocenters. The predicted molar refractivity (Wildman–Crippen MR) is 99.5 cm³/mol. The van der Waals surface area contributed by atoms with Gasteiger partial charge in [0.15, 0.2) is 0 Å². The summed E-state index contributed by atoms with van der Waals surface area (Å²) in [7, 11) is 0. The third-order valence-corrected chi connectivity index (χ3v) is 5.70. The quantitative estimate of drug-likeness (QED) is 0.731. The highest BCUT2D eigenvalue weighted by atomic mass is 35.5. The molecule has 7 heteroatoms. The minimum absolute atomic E-state index is 0.0691. The summed E-state index contributed by atoms with van der Waals surface area (Å²) < 4.78 is 26.2. The first-order valence-electron chi connectivity index (χ1n) is 8.98. The maximum absolute atomic E-state index is 14.8. The highest BCUT2D eigenvalue weighted by Crippen LogP contribution is 2.46. The van der Waals surface area contributed by atoms with E-state index in [1.54, 1.807) is 18.2 Å². The van der Waals surface area contributed by atoms with Gasteiger partial charge in [0.1, 0.15) is 17.1 Å². The molecule has 0 bridgehead atoms. The van der Waals surface area contributed by atoms with Gasteiger partial charge in [-0.3, -0.25) is 0 Å². The lowest BCUT2D eigenvalue weighted by Crippen LogP contribution is -2.41. The van der Waals surface area contributed by atoms with Crippen molar-refractivity contribution in [1.82, 2.24) is 10.5 Å². The molecule has 0 atom stereocenters. The van der Waals surface area contributed by atoms with Crippen LogP contribution in [0, 0.1) is 0 Å². The van der Waals surface area contributed by atoms with E-state index in [4.69, 9.17) is 32.5 Å². The largest absolute Gasteiger partial charge is 0.373 e. The van der Waals surface area contributed by atoms with Crippen molar-refractivity contribution < 1.29 is 13.7 Å². The number of nitrogens with zero attached hydrogens (tertiary/aromatic N) is 1.